The highest BCUT2D eigenvalue weighted by molar-refractivity contribution is 7.52. The number of methoxy groups -OCH3 is 1. The summed E-state index contributed by atoms with van der Waals surface area (Å²) in [5, 5.41) is 11.7. The molecule has 2 atom stereocenters. The number of hydrogen-bond donors (Lipinski definition) is 1. The largest absolute Gasteiger partial charge is 0.497 e. The van der Waals surface area contributed by atoms with E-state index in [2.05, 4.69) is 25.7 Å². The van der Waals surface area contributed by atoms with Crippen LogP contribution in [0.25, 0.3) is 10.9 Å². The van der Waals surface area contributed by atoms with Gasteiger partial charge in [-0.25, -0.2) is 9.36 Å². The van der Waals surface area contributed by atoms with E-state index in [1.807, 2.05) is 87.6 Å². The zero-order chi connectivity index (χ0) is 35.3. The Morgan fingerprint density at radius 2 is 1.62 bits per heavy atom. The third kappa shape index (κ3) is 9.40. The molecule has 2 aromatic rings. The van der Waals surface area contributed by atoms with Crippen LogP contribution >= 0.6 is 7.75 Å². The van der Waals surface area contributed by atoms with Gasteiger partial charge in [0, 0.05) is 72.1 Å². The second kappa shape index (κ2) is 15.4. The van der Waals surface area contributed by atoms with E-state index >= 15 is 0 Å². The first kappa shape index (κ1) is 37.4. The van der Waals surface area contributed by atoms with Gasteiger partial charge in [-0.2, -0.15) is 0 Å². The van der Waals surface area contributed by atoms with Crippen molar-refractivity contribution >= 4 is 24.6 Å². The lowest BCUT2D eigenvalue weighted by Gasteiger charge is -2.35. The molecule has 2 aliphatic rings. The molecule has 2 unspecified atom stereocenters. The minimum Gasteiger partial charge on any atom is -0.497 e. The summed E-state index contributed by atoms with van der Waals surface area (Å²) in [7, 11) is 1.21. The van der Waals surface area contributed by atoms with Crippen molar-refractivity contribution in [3.8, 4) is 5.75 Å². The van der Waals surface area contributed by atoms with Gasteiger partial charge in [-0.05, 0) is 86.2 Å². The lowest BCUT2D eigenvalue weighted by molar-refractivity contribution is -0.147. The highest BCUT2D eigenvalue weighted by Crippen LogP contribution is 2.53. The molecule has 1 aromatic carbocycles. The molecule has 0 spiro atoms. The summed E-state index contributed by atoms with van der Waals surface area (Å²) in [5.74, 6) is -0.0507. The highest BCUT2D eigenvalue weighted by Gasteiger charge is 2.33. The SMILES string of the molecule is COc1ccc2c(CCN(C)C)cn(P(=O)(OCOC(=O)C3=CN(C(C)(C)C)C=CC3)OCOC(O)C3=CN(C(C)(C)C)C=CC3)c2c1. The molecule has 13 heteroatoms. The topological polar surface area (TPSA) is 115 Å². The van der Waals surface area contributed by atoms with E-state index in [0.29, 0.717) is 41.7 Å². The van der Waals surface area contributed by atoms with Crippen LogP contribution in [0.15, 0.2) is 72.5 Å². The summed E-state index contributed by atoms with van der Waals surface area (Å²) in [6, 6.07) is 5.48. The van der Waals surface area contributed by atoms with E-state index in [4.69, 9.17) is 23.3 Å². The van der Waals surface area contributed by atoms with E-state index < -0.39 is 33.6 Å². The van der Waals surface area contributed by atoms with E-state index in [1.165, 1.54) is 4.34 Å². The van der Waals surface area contributed by atoms with Crippen LogP contribution in [0.5, 0.6) is 5.75 Å². The zero-order valence-electron chi connectivity index (χ0n) is 29.6. The maximum atomic E-state index is 14.7. The van der Waals surface area contributed by atoms with Crippen LogP contribution in [0.3, 0.4) is 0 Å². The highest BCUT2D eigenvalue weighted by atomic mass is 31.2. The van der Waals surface area contributed by atoms with Crippen molar-refractivity contribution in [1.29, 1.82) is 0 Å². The number of rotatable bonds is 14. The van der Waals surface area contributed by atoms with Gasteiger partial charge < -0.3 is 34.0 Å². The van der Waals surface area contributed by atoms with Gasteiger partial charge in [-0.1, -0.05) is 12.2 Å². The van der Waals surface area contributed by atoms with Crippen LogP contribution in [0.1, 0.15) is 59.9 Å². The predicted molar refractivity (Wildman–Crippen MR) is 186 cm³/mol. The van der Waals surface area contributed by atoms with Crippen molar-refractivity contribution in [2.75, 3.05) is 41.3 Å². The Morgan fingerprint density at radius 3 is 2.27 bits per heavy atom. The Bertz CT molecular complexity index is 1610. The molecule has 2 aliphatic heterocycles. The van der Waals surface area contributed by atoms with Crippen molar-refractivity contribution in [2.45, 2.75) is 78.2 Å². The number of benzene rings is 1. The maximum Gasteiger partial charge on any atom is 0.444 e. The Balaban J connectivity index is 1.59. The average Bonchev–Trinajstić information content (AvgIpc) is 3.41. The van der Waals surface area contributed by atoms with Crippen LogP contribution in [0, 0.1) is 0 Å². The molecule has 4 rings (SSSR count). The fourth-order valence-electron chi connectivity index (χ4n) is 5.07. The average molecular weight is 687 g/mol. The van der Waals surface area contributed by atoms with Crippen LogP contribution in [0.2, 0.25) is 0 Å². The van der Waals surface area contributed by atoms with Crippen LogP contribution < -0.4 is 4.74 Å². The lowest BCUT2D eigenvalue weighted by atomic mass is 10.0. The number of aliphatic hydroxyl groups excluding tert-OH is 1. The first-order valence-corrected chi connectivity index (χ1v) is 17.5. The number of nitrogens with zero attached hydrogens (tertiary/aromatic N) is 4. The fraction of sp³-hybridized carbons (Fsp3) is 0.514. The third-order valence-electron chi connectivity index (χ3n) is 7.97. The Kier molecular flexibility index (Phi) is 12.0. The predicted octanol–water partition coefficient (Wildman–Crippen LogP) is 6.34. The number of carbonyl (C=O) groups is 1. The maximum absolute atomic E-state index is 14.7. The molecule has 1 aromatic heterocycles. The number of allylic oxidation sites excluding steroid dienone is 2. The normalized spacial score (nSPS) is 17.4. The first-order chi connectivity index (χ1) is 22.5. The number of fused-ring (bicyclic) bond motifs is 1. The van der Waals surface area contributed by atoms with E-state index in [9.17, 15) is 14.5 Å². The van der Waals surface area contributed by atoms with E-state index in [1.54, 1.807) is 25.6 Å². The molecule has 0 bridgehead atoms. The van der Waals surface area contributed by atoms with Crippen LogP contribution in [0.4, 0.5) is 0 Å². The summed E-state index contributed by atoms with van der Waals surface area (Å²) < 4.78 is 44.4. The molecule has 0 saturated carbocycles. The second-order valence-corrected chi connectivity index (χ2v) is 15.9. The molecule has 12 nitrogen and oxygen atoms in total. The third-order valence-corrected chi connectivity index (χ3v) is 9.69. The summed E-state index contributed by atoms with van der Waals surface area (Å²) >= 11 is 0. The van der Waals surface area contributed by atoms with Gasteiger partial charge in [-0.3, -0.25) is 13.4 Å². The van der Waals surface area contributed by atoms with Gasteiger partial charge in [0.15, 0.2) is 13.1 Å². The molecule has 264 valence electrons. The number of hydrogen-bond acceptors (Lipinski definition) is 11. The number of carbonyl (C=O) groups excluding carboxylic acids is 1. The second-order valence-electron chi connectivity index (χ2n) is 14.0. The standard InChI is InChI=1S/C35H51N4O8P/c1-34(2,3)37-17-10-12-27(21-37)32(40)44-24-46-48(42,47-25-45-33(41)28-13-11-18-38(22-28)35(4,5)6)39-23-26(16-19-36(7)8)30-15-14-29(43-9)20-31(30)39/h10-11,14-15,17-18,20-23,32,40H,12-13,16,19,24-25H2,1-9H3. The smallest absolute Gasteiger partial charge is 0.444 e. The lowest BCUT2D eigenvalue weighted by Crippen LogP contribution is -2.35. The number of esters is 1. The summed E-state index contributed by atoms with van der Waals surface area (Å²) in [6.07, 6.45) is 13.2. The van der Waals surface area contributed by atoms with Crippen molar-refractivity contribution < 1.29 is 37.7 Å². The molecular formula is C35H51N4O8P. The van der Waals surface area contributed by atoms with Crippen molar-refractivity contribution in [2.24, 2.45) is 0 Å². The number of aromatic nitrogens is 1. The minimum atomic E-state index is -4.30. The molecular weight excluding hydrogens is 635 g/mol. The van der Waals surface area contributed by atoms with Crippen LogP contribution in [-0.4, -0.2) is 88.8 Å². The molecule has 0 aliphatic carbocycles. The molecule has 1 N–H and O–H groups in total. The minimum absolute atomic E-state index is 0.199. The Hall–Kier alpha value is -3.38. The molecule has 0 saturated heterocycles. The molecule has 0 radical (unpaired) electrons. The molecule has 0 amide bonds. The van der Waals surface area contributed by atoms with Gasteiger partial charge in [0.25, 0.3) is 0 Å². The zero-order valence-corrected chi connectivity index (χ0v) is 30.5. The molecule has 48 heavy (non-hydrogen) atoms. The van der Waals surface area contributed by atoms with E-state index in [0.717, 1.165) is 17.5 Å². The monoisotopic (exact) mass is 686 g/mol. The van der Waals surface area contributed by atoms with Crippen LogP contribution in [-0.2, 0) is 34.3 Å². The first-order valence-electron chi connectivity index (χ1n) is 16.0. The fourth-order valence-corrected chi connectivity index (χ4v) is 6.48. The number of ether oxygens (including phenoxy) is 3. The Morgan fingerprint density at radius 1 is 0.979 bits per heavy atom. The molecule has 0 fully saturated rings. The molecule has 3 heterocycles. The van der Waals surface area contributed by atoms with Gasteiger partial charge in [0.05, 0.1) is 18.2 Å². The summed E-state index contributed by atoms with van der Waals surface area (Å²) in [6.45, 7) is 11.8. The summed E-state index contributed by atoms with van der Waals surface area (Å²) in [5.41, 5.74) is 2.06. The van der Waals surface area contributed by atoms with Gasteiger partial charge in [0.2, 0.25) is 6.79 Å². The van der Waals surface area contributed by atoms with Gasteiger partial charge >= 0.3 is 13.7 Å². The Labute approximate surface area is 284 Å². The van der Waals surface area contributed by atoms with Crippen molar-refractivity contribution in [3.63, 3.8) is 0 Å². The quantitative estimate of drug-likeness (QED) is 0.136. The number of aliphatic hydroxyl groups is 1. The van der Waals surface area contributed by atoms with Gasteiger partial charge in [-0.15, -0.1) is 0 Å². The summed E-state index contributed by atoms with van der Waals surface area (Å²) in [4.78, 5) is 19.0. The van der Waals surface area contributed by atoms with Crippen molar-refractivity contribution in [1.82, 2.24) is 19.0 Å². The van der Waals surface area contributed by atoms with Gasteiger partial charge in [0.1, 0.15) is 5.75 Å². The van der Waals surface area contributed by atoms with E-state index in [-0.39, 0.29) is 11.1 Å². The van der Waals surface area contributed by atoms with Crippen molar-refractivity contribution in [3.05, 3.63) is 78.1 Å². The number of likely N-dealkylation sites (N-methyl/N-ethyl adjacent to an activating group) is 1.